The number of aromatic nitrogens is 1. The summed E-state index contributed by atoms with van der Waals surface area (Å²) in [5, 5.41) is 2.61. The first-order valence-electron chi connectivity index (χ1n) is 19.3. The highest BCUT2D eigenvalue weighted by Gasteiger charge is 2.49. The SMILES string of the molecule is CCc1ccccc1.NN.c1ccc(Cc2ccc(-c3ccc4c(c3)C3(c5ccccc5S4)c4ccccc4-n4c5ccccc5c5cccc3c54)cc2)cc1. The van der Waals surface area contributed by atoms with Crippen molar-refractivity contribution in [1.82, 2.24) is 4.57 Å². The Labute approximate surface area is 333 Å². The Morgan fingerprint density at radius 1 is 0.464 bits per heavy atom. The molecule has 0 bridgehead atoms. The van der Waals surface area contributed by atoms with Crippen molar-refractivity contribution in [2.75, 3.05) is 0 Å². The van der Waals surface area contributed by atoms with E-state index in [9.17, 15) is 0 Å². The van der Waals surface area contributed by atoms with E-state index in [1.54, 1.807) is 0 Å². The van der Waals surface area contributed by atoms with Crippen LogP contribution in [0.1, 0.15) is 45.9 Å². The molecule has 2 aliphatic rings. The molecule has 1 unspecified atom stereocenters. The zero-order valence-electron chi connectivity index (χ0n) is 31.4. The van der Waals surface area contributed by atoms with Crippen LogP contribution in [0.3, 0.4) is 0 Å². The highest BCUT2D eigenvalue weighted by atomic mass is 32.2. The van der Waals surface area contributed by atoms with Crippen molar-refractivity contribution >= 4 is 33.6 Å². The van der Waals surface area contributed by atoms with Crippen LogP contribution in [0.25, 0.3) is 38.6 Å². The third-order valence-electron chi connectivity index (χ3n) is 11.3. The van der Waals surface area contributed by atoms with E-state index in [-0.39, 0.29) is 0 Å². The summed E-state index contributed by atoms with van der Waals surface area (Å²) in [6.45, 7) is 2.16. The first kappa shape index (κ1) is 35.5. The summed E-state index contributed by atoms with van der Waals surface area (Å²) in [4.78, 5) is 2.64. The van der Waals surface area contributed by atoms with Crippen molar-refractivity contribution in [1.29, 1.82) is 0 Å². The molecule has 0 fully saturated rings. The maximum absolute atomic E-state index is 4.00. The van der Waals surface area contributed by atoms with E-state index in [0.717, 1.165) is 12.8 Å². The van der Waals surface area contributed by atoms with E-state index < -0.39 is 5.41 Å². The number of aryl methyl sites for hydroxylation is 1. The summed E-state index contributed by atoms with van der Waals surface area (Å²) in [5.41, 5.74) is 15.3. The number of fused-ring (bicyclic) bond motifs is 11. The molecule has 8 aromatic carbocycles. The van der Waals surface area contributed by atoms with Gasteiger partial charge in [0.15, 0.2) is 0 Å². The van der Waals surface area contributed by atoms with Crippen LogP contribution in [0, 0.1) is 0 Å². The Morgan fingerprint density at radius 3 is 1.79 bits per heavy atom. The third-order valence-corrected chi connectivity index (χ3v) is 12.5. The zero-order valence-corrected chi connectivity index (χ0v) is 32.2. The molecular formula is C52H43N3S. The molecule has 0 saturated carbocycles. The second-order valence-electron chi connectivity index (χ2n) is 14.3. The monoisotopic (exact) mass is 741 g/mol. The predicted molar refractivity (Wildman–Crippen MR) is 236 cm³/mol. The molecule has 2 aliphatic heterocycles. The molecule has 0 aliphatic carbocycles. The number of nitrogens with zero attached hydrogens (tertiary/aromatic N) is 1. The van der Waals surface area contributed by atoms with Crippen LogP contribution in [-0.2, 0) is 18.3 Å². The lowest BCUT2D eigenvalue weighted by atomic mass is 9.62. The van der Waals surface area contributed by atoms with Gasteiger partial charge in [0.25, 0.3) is 0 Å². The second-order valence-corrected chi connectivity index (χ2v) is 15.4. The van der Waals surface area contributed by atoms with E-state index in [1.165, 1.54) is 87.4 Å². The molecule has 0 saturated heterocycles. The molecule has 9 aromatic rings. The Balaban J connectivity index is 0.000000364. The highest BCUT2D eigenvalue weighted by molar-refractivity contribution is 7.99. The number of para-hydroxylation sites is 3. The van der Waals surface area contributed by atoms with Crippen molar-refractivity contribution < 1.29 is 0 Å². The molecule has 1 atom stereocenters. The van der Waals surface area contributed by atoms with E-state index in [4.69, 9.17) is 0 Å². The van der Waals surface area contributed by atoms with E-state index >= 15 is 0 Å². The summed E-state index contributed by atoms with van der Waals surface area (Å²) in [5.74, 6) is 8.00. The maximum atomic E-state index is 4.00. The van der Waals surface area contributed by atoms with E-state index in [0.29, 0.717) is 0 Å². The maximum Gasteiger partial charge on any atom is 0.0764 e. The van der Waals surface area contributed by atoms with Gasteiger partial charge in [-0.05, 0) is 93.2 Å². The smallest absolute Gasteiger partial charge is 0.0764 e. The van der Waals surface area contributed by atoms with Gasteiger partial charge in [0.2, 0.25) is 0 Å². The van der Waals surface area contributed by atoms with Gasteiger partial charge in [-0.2, -0.15) is 0 Å². The number of hydrogen-bond acceptors (Lipinski definition) is 3. The summed E-state index contributed by atoms with van der Waals surface area (Å²) < 4.78 is 2.51. The lowest BCUT2D eigenvalue weighted by Gasteiger charge is -2.45. The van der Waals surface area contributed by atoms with Crippen molar-refractivity contribution in [3.63, 3.8) is 0 Å². The average molecular weight is 742 g/mol. The molecule has 4 heteroatoms. The van der Waals surface area contributed by atoms with Gasteiger partial charge in [-0.1, -0.05) is 182 Å². The van der Waals surface area contributed by atoms with Crippen LogP contribution >= 0.6 is 11.8 Å². The van der Waals surface area contributed by atoms with Crippen LogP contribution in [0.2, 0.25) is 0 Å². The Hall–Kier alpha value is -6.17. The molecule has 1 spiro atoms. The molecule has 4 N–H and O–H groups in total. The summed E-state index contributed by atoms with van der Waals surface area (Å²) in [6.07, 6.45) is 2.08. The van der Waals surface area contributed by atoms with Gasteiger partial charge < -0.3 is 4.57 Å². The average Bonchev–Trinajstić information content (AvgIpc) is 3.62. The van der Waals surface area contributed by atoms with Crippen LogP contribution < -0.4 is 11.7 Å². The van der Waals surface area contributed by atoms with Gasteiger partial charge in [0.05, 0.1) is 22.1 Å². The predicted octanol–water partition coefficient (Wildman–Crippen LogP) is 12.3. The molecule has 3 heterocycles. The fourth-order valence-corrected chi connectivity index (χ4v) is 10.0. The van der Waals surface area contributed by atoms with Gasteiger partial charge in [-0.3, -0.25) is 11.7 Å². The summed E-state index contributed by atoms with van der Waals surface area (Å²) in [6, 6.07) is 71.5. The number of nitrogens with two attached hydrogens (primary N) is 2. The van der Waals surface area contributed by atoms with E-state index in [2.05, 4.69) is 211 Å². The Morgan fingerprint density at radius 2 is 1.04 bits per heavy atom. The number of hydrogen-bond donors (Lipinski definition) is 2. The quantitative estimate of drug-likeness (QED) is 0.139. The fourth-order valence-electron chi connectivity index (χ4n) is 8.86. The lowest BCUT2D eigenvalue weighted by molar-refractivity contribution is 0.690. The Bertz CT molecular complexity index is 2810. The number of benzene rings is 8. The van der Waals surface area contributed by atoms with Crippen molar-refractivity contribution in [3.8, 4) is 16.8 Å². The molecule has 0 amide bonds. The van der Waals surface area contributed by atoms with Crippen molar-refractivity contribution in [3.05, 3.63) is 233 Å². The molecule has 272 valence electrons. The first-order chi connectivity index (χ1) is 27.7. The van der Waals surface area contributed by atoms with Crippen LogP contribution in [0.4, 0.5) is 0 Å². The van der Waals surface area contributed by atoms with Crippen molar-refractivity contribution in [2.24, 2.45) is 11.7 Å². The van der Waals surface area contributed by atoms with Gasteiger partial charge in [0, 0.05) is 20.6 Å². The number of hydrazine groups is 1. The molecular weight excluding hydrogens is 699 g/mol. The van der Waals surface area contributed by atoms with E-state index in [1.807, 2.05) is 17.8 Å². The third kappa shape index (κ3) is 5.86. The minimum absolute atomic E-state index is 0.457. The molecule has 11 rings (SSSR count). The fraction of sp³-hybridized carbons (Fsp3) is 0.0769. The Kier molecular flexibility index (Phi) is 9.62. The minimum atomic E-state index is -0.457. The van der Waals surface area contributed by atoms with Crippen LogP contribution in [0.15, 0.2) is 204 Å². The zero-order chi connectivity index (χ0) is 38.1. The van der Waals surface area contributed by atoms with Crippen LogP contribution in [-0.4, -0.2) is 4.57 Å². The first-order valence-corrected chi connectivity index (χ1v) is 20.1. The topological polar surface area (TPSA) is 57.0 Å². The van der Waals surface area contributed by atoms with Gasteiger partial charge >= 0.3 is 0 Å². The standard InChI is InChI=1S/C44H29NS.C8H10.H4N2/c1-2-11-29(12-3-1)27-30-21-23-31(24-22-30)32-25-26-42-38(28-32)44(36-16-6-9-20-41(36)46-42)35-15-5-8-19-40(35)45-39-18-7-4-13-33(39)34-14-10-17-37(44)43(34)45;1-2-8-6-4-3-5-7-8;1-2/h1-26,28H,27H2;3-7H,2H2,1H3;1-2H2. The largest absolute Gasteiger partial charge is 0.309 e. The molecule has 3 nitrogen and oxygen atoms in total. The molecule has 0 radical (unpaired) electrons. The highest BCUT2D eigenvalue weighted by Crippen LogP contribution is 2.60. The normalized spacial score (nSPS) is 14.5. The van der Waals surface area contributed by atoms with Crippen LogP contribution in [0.5, 0.6) is 0 Å². The van der Waals surface area contributed by atoms with Crippen molar-refractivity contribution in [2.45, 2.75) is 35.0 Å². The summed E-state index contributed by atoms with van der Waals surface area (Å²) >= 11 is 1.90. The second kappa shape index (κ2) is 15.2. The van der Waals surface area contributed by atoms with Gasteiger partial charge in [-0.15, -0.1) is 0 Å². The molecule has 1 aromatic heterocycles. The van der Waals surface area contributed by atoms with Gasteiger partial charge in [0.1, 0.15) is 0 Å². The summed E-state index contributed by atoms with van der Waals surface area (Å²) in [7, 11) is 0. The molecule has 56 heavy (non-hydrogen) atoms. The lowest BCUT2D eigenvalue weighted by Crippen LogP contribution is -2.37. The minimum Gasteiger partial charge on any atom is -0.309 e. The number of rotatable bonds is 4. The van der Waals surface area contributed by atoms with Gasteiger partial charge in [-0.25, -0.2) is 0 Å².